The molecule has 0 atom stereocenters. The molecule has 2 N–H and O–H groups in total. The molecule has 1 amide bonds. The summed E-state index contributed by atoms with van der Waals surface area (Å²) >= 11 is 3.36. The molecule has 1 saturated carbocycles. The lowest BCUT2D eigenvalue weighted by atomic mass is 10.1. The van der Waals surface area contributed by atoms with Crippen molar-refractivity contribution >= 4 is 27.5 Å². The Labute approximate surface area is 132 Å². The minimum Gasteiger partial charge on any atom is -0.398 e. The summed E-state index contributed by atoms with van der Waals surface area (Å²) in [5, 5.41) is 0. The first-order chi connectivity index (χ1) is 10.1. The van der Waals surface area contributed by atoms with Crippen LogP contribution in [-0.4, -0.2) is 21.8 Å². The largest absolute Gasteiger partial charge is 0.398 e. The van der Waals surface area contributed by atoms with Gasteiger partial charge in [-0.25, -0.2) is 0 Å². The Morgan fingerprint density at radius 2 is 2.19 bits per heavy atom. The van der Waals surface area contributed by atoms with E-state index < -0.39 is 0 Å². The summed E-state index contributed by atoms with van der Waals surface area (Å²) in [6, 6.07) is 9.59. The number of nitrogen functional groups attached to an aromatic ring is 1. The van der Waals surface area contributed by atoms with Gasteiger partial charge in [-0.3, -0.25) is 9.78 Å². The maximum Gasteiger partial charge on any atom is 0.256 e. The maximum atomic E-state index is 12.8. The quantitative estimate of drug-likeness (QED) is 0.865. The van der Waals surface area contributed by atoms with Gasteiger partial charge in [0.05, 0.1) is 5.56 Å². The first kappa shape index (κ1) is 14.1. The molecule has 1 aliphatic rings. The smallest absolute Gasteiger partial charge is 0.256 e. The van der Waals surface area contributed by atoms with Crippen LogP contribution < -0.4 is 5.73 Å². The topological polar surface area (TPSA) is 59.2 Å². The monoisotopic (exact) mass is 345 g/mol. The van der Waals surface area contributed by atoms with Crippen molar-refractivity contribution in [1.29, 1.82) is 0 Å². The van der Waals surface area contributed by atoms with Crippen LogP contribution in [0.1, 0.15) is 28.8 Å². The molecule has 4 nitrogen and oxygen atoms in total. The molecule has 21 heavy (non-hydrogen) atoms. The molecule has 1 aliphatic carbocycles. The standard InChI is InChI=1S/C16H16BrN3O/c17-12-3-6-14(15(18)8-12)16(21)20(13-4-5-13)10-11-2-1-7-19-9-11/h1-3,6-9,13H,4-5,10,18H2. The van der Waals surface area contributed by atoms with Crippen molar-refractivity contribution in [2.75, 3.05) is 5.73 Å². The zero-order valence-electron chi connectivity index (χ0n) is 11.5. The molecule has 1 aromatic heterocycles. The Hall–Kier alpha value is -1.88. The molecule has 0 radical (unpaired) electrons. The van der Waals surface area contributed by atoms with E-state index in [1.165, 1.54) is 0 Å². The molecule has 0 saturated heterocycles. The molecule has 108 valence electrons. The highest BCUT2D eigenvalue weighted by atomic mass is 79.9. The molecule has 3 rings (SSSR count). The van der Waals surface area contributed by atoms with Crippen molar-refractivity contribution in [2.24, 2.45) is 0 Å². The van der Waals surface area contributed by atoms with Crippen LogP contribution in [0.5, 0.6) is 0 Å². The Bertz CT molecular complexity index is 656. The first-order valence-electron chi connectivity index (χ1n) is 6.90. The van der Waals surface area contributed by atoms with Crippen LogP contribution in [0.4, 0.5) is 5.69 Å². The molecular formula is C16H16BrN3O. The number of nitrogens with two attached hydrogens (primary N) is 1. The zero-order chi connectivity index (χ0) is 14.8. The Balaban J connectivity index is 1.85. The number of hydrogen-bond acceptors (Lipinski definition) is 3. The van der Waals surface area contributed by atoms with Gasteiger partial charge in [0.1, 0.15) is 0 Å². The number of carbonyl (C=O) groups is 1. The summed E-state index contributed by atoms with van der Waals surface area (Å²) in [7, 11) is 0. The van der Waals surface area contributed by atoms with E-state index in [1.54, 1.807) is 24.5 Å². The second-order valence-electron chi connectivity index (χ2n) is 5.26. The van der Waals surface area contributed by atoms with Crippen molar-refractivity contribution in [3.8, 4) is 0 Å². The van der Waals surface area contributed by atoms with E-state index in [4.69, 9.17) is 5.73 Å². The number of amides is 1. The molecule has 0 unspecified atom stereocenters. The van der Waals surface area contributed by atoms with Gasteiger partial charge < -0.3 is 10.6 Å². The number of hydrogen-bond donors (Lipinski definition) is 1. The third kappa shape index (κ3) is 3.24. The highest BCUT2D eigenvalue weighted by Crippen LogP contribution is 2.31. The van der Waals surface area contributed by atoms with Crippen molar-refractivity contribution in [3.05, 3.63) is 58.3 Å². The van der Waals surface area contributed by atoms with Crippen molar-refractivity contribution in [2.45, 2.75) is 25.4 Å². The van der Waals surface area contributed by atoms with Crippen LogP contribution >= 0.6 is 15.9 Å². The lowest BCUT2D eigenvalue weighted by molar-refractivity contribution is 0.0731. The molecule has 0 spiro atoms. The lowest BCUT2D eigenvalue weighted by Crippen LogP contribution is -2.33. The van der Waals surface area contributed by atoms with Gasteiger partial charge >= 0.3 is 0 Å². The van der Waals surface area contributed by atoms with Crippen molar-refractivity contribution in [3.63, 3.8) is 0 Å². The second-order valence-corrected chi connectivity index (χ2v) is 6.17. The summed E-state index contributed by atoms with van der Waals surface area (Å²) in [5.41, 5.74) is 8.09. The number of carbonyl (C=O) groups excluding carboxylic acids is 1. The van der Waals surface area contributed by atoms with Gasteiger partial charge in [0.15, 0.2) is 0 Å². The van der Waals surface area contributed by atoms with E-state index in [9.17, 15) is 4.79 Å². The number of anilines is 1. The molecular weight excluding hydrogens is 330 g/mol. The number of pyridine rings is 1. The van der Waals surface area contributed by atoms with Gasteiger partial charge in [-0.15, -0.1) is 0 Å². The summed E-state index contributed by atoms with van der Waals surface area (Å²) in [4.78, 5) is 18.8. The normalized spacial score (nSPS) is 14.0. The minimum atomic E-state index is -0.00801. The fraction of sp³-hybridized carbons (Fsp3) is 0.250. The predicted molar refractivity (Wildman–Crippen MR) is 85.7 cm³/mol. The van der Waals surface area contributed by atoms with Crippen LogP contribution in [-0.2, 0) is 6.54 Å². The molecule has 5 heteroatoms. The summed E-state index contributed by atoms with van der Waals surface area (Å²) in [5.74, 6) is -0.00801. The van der Waals surface area contributed by atoms with Gasteiger partial charge in [-0.2, -0.15) is 0 Å². The Morgan fingerprint density at radius 3 is 2.81 bits per heavy atom. The number of aromatic nitrogens is 1. The summed E-state index contributed by atoms with van der Waals surface area (Å²) in [6.45, 7) is 0.576. The summed E-state index contributed by atoms with van der Waals surface area (Å²) < 4.78 is 0.877. The van der Waals surface area contributed by atoms with E-state index in [0.29, 0.717) is 23.8 Å². The molecule has 1 fully saturated rings. The predicted octanol–water partition coefficient (Wildman–Crippen LogP) is 3.23. The maximum absolute atomic E-state index is 12.8. The fourth-order valence-electron chi connectivity index (χ4n) is 2.32. The van der Waals surface area contributed by atoms with Gasteiger partial charge in [-0.05, 0) is 42.7 Å². The SMILES string of the molecule is Nc1cc(Br)ccc1C(=O)N(Cc1cccnc1)C1CC1. The molecule has 0 bridgehead atoms. The van der Waals surface area contributed by atoms with Crippen LogP contribution in [0.3, 0.4) is 0 Å². The van der Waals surface area contributed by atoms with Crippen LogP contribution in [0, 0.1) is 0 Å². The van der Waals surface area contributed by atoms with Crippen LogP contribution in [0.25, 0.3) is 0 Å². The number of benzene rings is 1. The third-order valence-electron chi connectivity index (χ3n) is 3.57. The Kier molecular flexibility index (Phi) is 3.92. The van der Waals surface area contributed by atoms with E-state index in [0.717, 1.165) is 22.9 Å². The number of nitrogens with zero attached hydrogens (tertiary/aromatic N) is 2. The second kappa shape index (κ2) is 5.85. The van der Waals surface area contributed by atoms with Gasteiger partial charge in [-0.1, -0.05) is 22.0 Å². The number of halogens is 1. The van der Waals surface area contributed by atoms with Gasteiger partial charge in [0.25, 0.3) is 5.91 Å². The number of rotatable bonds is 4. The summed E-state index contributed by atoms with van der Waals surface area (Å²) in [6.07, 6.45) is 5.65. The minimum absolute atomic E-state index is 0.00801. The molecule has 1 aromatic carbocycles. The molecule has 1 heterocycles. The van der Waals surface area contributed by atoms with E-state index in [-0.39, 0.29) is 5.91 Å². The van der Waals surface area contributed by atoms with E-state index in [2.05, 4.69) is 20.9 Å². The lowest BCUT2D eigenvalue weighted by Gasteiger charge is -2.23. The van der Waals surface area contributed by atoms with Crippen LogP contribution in [0.15, 0.2) is 47.2 Å². The highest BCUT2D eigenvalue weighted by molar-refractivity contribution is 9.10. The van der Waals surface area contributed by atoms with E-state index >= 15 is 0 Å². The highest BCUT2D eigenvalue weighted by Gasteiger charge is 2.33. The third-order valence-corrected chi connectivity index (χ3v) is 4.06. The fourth-order valence-corrected chi connectivity index (χ4v) is 2.70. The van der Waals surface area contributed by atoms with Crippen molar-refractivity contribution < 1.29 is 4.79 Å². The Morgan fingerprint density at radius 1 is 1.38 bits per heavy atom. The average Bonchev–Trinajstić information content (AvgIpc) is 3.30. The van der Waals surface area contributed by atoms with Gasteiger partial charge in [0, 0.05) is 35.1 Å². The average molecular weight is 346 g/mol. The zero-order valence-corrected chi connectivity index (χ0v) is 13.1. The molecule has 0 aliphatic heterocycles. The van der Waals surface area contributed by atoms with Crippen LogP contribution in [0.2, 0.25) is 0 Å². The molecule has 2 aromatic rings. The van der Waals surface area contributed by atoms with Crippen molar-refractivity contribution in [1.82, 2.24) is 9.88 Å². The van der Waals surface area contributed by atoms with Gasteiger partial charge in [0.2, 0.25) is 0 Å². The van der Waals surface area contributed by atoms with E-state index in [1.807, 2.05) is 23.1 Å². The first-order valence-corrected chi connectivity index (χ1v) is 7.69.